The largest absolute Gasteiger partial charge is 0.495 e. The second kappa shape index (κ2) is 4.38. The van der Waals surface area contributed by atoms with Gasteiger partial charge in [0.1, 0.15) is 11.4 Å². The van der Waals surface area contributed by atoms with Crippen LogP contribution in [0.25, 0.3) is 0 Å². The Bertz CT molecular complexity index is 446. The summed E-state index contributed by atoms with van der Waals surface area (Å²) in [6.07, 6.45) is 5.22. The molecule has 2 N–H and O–H groups in total. The first-order chi connectivity index (χ1) is 8.72. The van der Waals surface area contributed by atoms with Gasteiger partial charge in [-0.2, -0.15) is 0 Å². The van der Waals surface area contributed by atoms with Gasteiger partial charge in [0.2, 0.25) is 0 Å². The van der Waals surface area contributed by atoms with Crippen LogP contribution in [0.1, 0.15) is 32.6 Å². The van der Waals surface area contributed by atoms with Gasteiger partial charge in [0.05, 0.1) is 18.3 Å². The molecule has 3 nitrogen and oxygen atoms in total. The lowest BCUT2D eigenvalue weighted by Gasteiger charge is -2.45. The molecule has 0 amide bonds. The maximum absolute atomic E-state index is 5.41. The average Bonchev–Trinajstić information content (AvgIpc) is 2.37. The highest BCUT2D eigenvalue weighted by Crippen LogP contribution is 2.43. The molecule has 2 atom stereocenters. The Kier molecular flexibility index (Phi) is 2.84. The molecule has 0 bridgehead atoms. The van der Waals surface area contributed by atoms with Gasteiger partial charge in [-0.25, -0.2) is 0 Å². The van der Waals surface area contributed by atoms with E-state index in [9.17, 15) is 0 Å². The molecule has 0 saturated heterocycles. The molecule has 2 aliphatic rings. The third kappa shape index (κ3) is 1.92. The Morgan fingerprint density at radius 2 is 2.28 bits per heavy atom. The summed E-state index contributed by atoms with van der Waals surface area (Å²) in [6, 6.07) is 6.21. The number of ether oxygens (including phenoxy) is 1. The number of benzene rings is 1. The number of hydrogen-bond acceptors (Lipinski definition) is 3. The van der Waals surface area contributed by atoms with Gasteiger partial charge in [0, 0.05) is 6.54 Å². The molecular weight excluding hydrogens is 224 g/mol. The Morgan fingerprint density at radius 3 is 3.06 bits per heavy atom. The second-order valence-corrected chi connectivity index (χ2v) is 5.84. The predicted molar refractivity (Wildman–Crippen MR) is 75.5 cm³/mol. The van der Waals surface area contributed by atoms with E-state index < -0.39 is 0 Å². The number of fused-ring (bicyclic) bond motifs is 1. The highest BCUT2D eigenvalue weighted by molar-refractivity contribution is 5.78. The van der Waals surface area contributed by atoms with Crippen LogP contribution >= 0.6 is 0 Å². The zero-order chi connectivity index (χ0) is 12.6. The summed E-state index contributed by atoms with van der Waals surface area (Å²) in [6.45, 7) is 3.37. The van der Waals surface area contributed by atoms with E-state index in [4.69, 9.17) is 4.74 Å². The summed E-state index contributed by atoms with van der Waals surface area (Å²) in [7, 11) is 1.73. The first-order valence-corrected chi connectivity index (χ1v) is 6.91. The predicted octanol–water partition coefficient (Wildman–Crippen LogP) is 3.48. The fourth-order valence-electron chi connectivity index (χ4n) is 3.51. The number of para-hydroxylation sites is 1. The summed E-state index contributed by atoms with van der Waals surface area (Å²) >= 11 is 0. The van der Waals surface area contributed by atoms with Crippen molar-refractivity contribution in [1.82, 2.24) is 0 Å². The van der Waals surface area contributed by atoms with Crippen molar-refractivity contribution in [2.45, 2.75) is 38.1 Å². The molecule has 1 aliphatic heterocycles. The van der Waals surface area contributed by atoms with E-state index in [1.807, 2.05) is 6.07 Å². The van der Waals surface area contributed by atoms with Gasteiger partial charge < -0.3 is 15.4 Å². The van der Waals surface area contributed by atoms with Gasteiger partial charge >= 0.3 is 0 Å². The maximum Gasteiger partial charge on any atom is 0.144 e. The SMILES string of the molecule is COc1cccc2c1NCC1(CCCC(C)C1)N2. The Morgan fingerprint density at radius 1 is 1.39 bits per heavy atom. The van der Waals surface area contributed by atoms with Crippen molar-refractivity contribution in [2.24, 2.45) is 5.92 Å². The van der Waals surface area contributed by atoms with Crippen molar-refractivity contribution in [3.63, 3.8) is 0 Å². The Labute approximate surface area is 109 Å². The highest BCUT2D eigenvalue weighted by Gasteiger charge is 2.38. The lowest BCUT2D eigenvalue weighted by atomic mass is 9.75. The third-order valence-corrected chi connectivity index (χ3v) is 4.34. The van der Waals surface area contributed by atoms with Crippen LogP contribution in [0.3, 0.4) is 0 Å². The number of anilines is 2. The standard InChI is InChI=1S/C15H22N2O/c1-11-5-4-8-15(9-11)10-16-14-12(17-15)6-3-7-13(14)18-2/h3,6-7,11,16-17H,4-5,8-10H2,1-2H3. The fourth-order valence-corrected chi connectivity index (χ4v) is 3.51. The molecule has 1 spiro atoms. The van der Waals surface area contributed by atoms with Crippen LogP contribution in [0.4, 0.5) is 11.4 Å². The normalized spacial score (nSPS) is 30.2. The van der Waals surface area contributed by atoms with Crippen molar-refractivity contribution in [2.75, 3.05) is 24.3 Å². The first kappa shape index (κ1) is 11.7. The van der Waals surface area contributed by atoms with Crippen LogP contribution in [0.5, 0.6) is 5.75 Å². The second-order valence-electron chi connectivity index (χ2n) is 5.84. The third-order valence-electron chi connectivity index (χ3n) is 4.34. The molecule has 1 aromatic rings. The summed E-state index contributed by atoms with van der Waals surface area (Å²) in [5.74, 6) is 1.75. The molecule has 1 aromatic carbocycles. The molecular formula is C15H22N2O. The molecule has 1 aliphatic carbocycles. The van der Waals surface area contributed by atoms with Gasteiger partial charge in [-0.15, -0.1) is 0 Å². The van der Waals surface area contributed by atoms with E-state index in [1.54, 1.807) is 7.11 Å². The summed E-state index contributed by atoms with van der Waals surface area (Å²) < 4.78 is 5.41. The Balaban J connectivity index is 1.89. The minimum atomic E-state index is 0.247. The smallest absolute Gasteiger partial charge is 0.144 e. The molecule has 0 radical (unpaired) electrons. The minimum absolute atomic E-state index is 0.247. The van der Waals surface area contributed by atoms with Gasteiger partial charge in [0.15, 0.2) is 0 Å². The van der Waals surface area contributed by atoms with E-state index in [-0.39, 0.29) is 5.54 Å². The zero-order valence-electron chi connectivity index (χ0n) is 11.3. The molecule has 98 valence electrons. The number of hydrogen-bond donors (Lipinski definition) is 2. The van der Waals surface area contributed by atoms with Crippen molar-refractivity contribution in [1.29, 1.82) is 0 Å². The molecule has 1 heterocycles. The fraction of sp³-hybridized carbons (Fsp3) is 0.600. The topological polar surface area (TPSA) is 33.3 Å². The van der Waals surface area contributed by atoms with Gasteiger partial charge in [0.25, 0.3) is 0 Å². The van der Waals surface area contributed by atoms with Crippen LogP contribution in [-0.4, -0.2) is 19.2 Å². The lowest BCUT2D eigenvalue weighted by molar-refractivity contribution is 0.266. The van der Waals surface area contributed by atoms with E-state index in [1.165, 1.54) is 31.4 Å². The molecule has 1 fully saturated rings. The number of methoxy groups -OCH3 is 1. The van der Waals surface area contributed by atoms with Crippen molar-refractivity contribution in [3.8, 4) is 5.75 Å². The van der Waals surface area contributed by atoms with Gasteiger partial charge in [-0.1, -0.05) is 25.8 Å². The molecule has 3 rings (SSSR count). The average molecular weight is 246 g/mol. The molecule has 1 saturated carbocycles. The first-order valence-electron chi connectivity index (χ1n) is 6.91. The summed E-state index contributed by atoms with van der Waals surface area (Å²) in [4.78, 5) is 0. The summed E-state index contributed by atoms with van der Waals surface area (Å²) in [5, 5.41) is 7.35. The van der Waals surface area contributed by atoms with E-state index >= 15 is 0 Å². The molecule has 18 heavy (non-hydrogen) atoms. The van der Waals surface area contributed by atoms with Crippen molar-refractivity contribution >= 4 is 11.4 Å². The zero-order valence-corrected chi connectivity index (χ0v) is 11.3. The van der Waals surface area contributed by atoms with Crippen LogP contribution in [-0.2, 0) is 0 Å². The number of rotatable bonds is 1. The van der Waals surface area contributed by atoms with E-state index in [2.05, 4.69) is 29.7 Å². The number of nitrogens with one attached hydrogen (secondary N) is 2. The van der Waals surface area contributed by atoms with Crippen molar-refractivity contribution < 1.29 is 4.74 Å². The minimum Gasteiger partial charge on any atom is -0.495 e. The van der Waals surface area contributed by atoms with Crippen LogP contribution < -0.4 is 15.4 Å². The van der Waals surface area contributed by atoms with Crippen LogP contribution in [0.2, 0.25) is 0 Å². The highest BCUT2D eigenvalue weighted by atomic mass is 16.5. The van der Waals surface area contributed by atoms with E-state index in [0.717, 1.165) is 23.9 Å². The molecule has 2 unspecified atom stereocenters. The maximum atomic E-state index is 5.41. The Hall–Kier alpha value is -1.38. The summed E-state index contributed by atoms with van der Waals surface area (Å²) in [5.41, 5.74) is 2.55. The van der Waals surface area contributed by atoms with Crippen LogP contribution in [0, 0.1) is 5.92 Å². The van der Waals surface area contributed by atoms with Crippen LogP contribution in [0.15, 0.2) is 18.2 Å². The molecule has 3 heteroatoms. The van der Waals surface area contributed by atoms with Gasteiger partial charge in [-0.05, 0) is 30.9 Å². The lowest BCUT2D eigenvalue weighted by Crippen LogP contribution is -2.50. The van der Waals surface area contributed by atoms with Gasteiger partial charge in [-0.3, -0.25) is 0 Å². The monoisotopic (exact) mass is 246 g/mol. The van der Waals surface area contributed by atoms with E-state index in [0.29, 0.717) is 0 Å². The van der Waals surface area contributed by atoms with Crippen molar-refractivity contribution in [3.05, 3.63) is 18.2 Å². The molecule has 0 aromatic heterocycles. The quantitative estimate of drug-likeness (QED) is 0.796.